The Morgan fingerprint density at radius 2 is 1.73 bits per heavy atom. The van der Waals surface area contributed by atoms with Gasteiger partial charge in [0.2, 0.25) is 0 Å². The molecule has 0 radical (unpaired) electrons. The lowest BCUT2D eigenvalue weighted by Gasteiger charge is -2.46. The zero-order valence-electron chi connectivity index (χ0n) is 14.2. The Labute approximate surface area is 149 Å². The van der Waals surface area contributed by atoms with Crippen molar-refractivity contribution in [3.63, 3.8) is 0 Å². The summed E-state index contributed by atoms with van der Waals surface area (Å²) >= 11 is 0. The largest absolute Gasteiger partial charge is 0.534 e. The Kier molecular flexibility index (Phi) is 4.78. The number of hydrogen-bond donors (Lipinski definition) is 1. The molecule has 1 aromatic carbocycles. The van der Waals surface area contributed by atoms with Gasteiger partial charge in [0.1, 0.15) is 5.76 Å². The second-order valence-electron chi connectivity index (χ2n) is 6.84. The number of hydrogen-bond acceptors (Lipinski definition) is 4. The van der Waals surface area contributed by atoms with Crippen LogP contribution in [-0.2, 0) is 19.8 Å². The van der Waals surface area contributed by atoms with Gasteiger partial charge in [0.05, 0.1) is 12.1 Å². The number of halogens is 3. The number of nitrogens with zero attached hydrogens (tertiary/aromatic N) is 1. The van der Waals surface area contributed by atoms with Crippen molar-refractivity contribution in [1.82, 2.24) is 4.90 Å². The Morgan fingerprint density at radius 1 is 1.19 bits per heavy atom. The first-order valence-corrected chi connectivity index (χ1v) is 8.92. The van der Waals surface area contributed by atoms with Crippen LogP contribution in [-0.4, -0.2) is 36.6 Å². The molecule has 1 amide bonds. The van der Waals surface area contributed by atoms with E-state index in [4.69, 9.17) is 0 Å². The van der Waals surface area contributed by atoms with Crippen LogP contribution in [0.3, 0.4) is 0 Å². The molecular formula is C16H18F3NO5S. The Morgan fingerprint density at radius 3 is 2.15 bits per heavy atom. The van der Waals surface area contributed by atoms with Gasteiger partial charge in [0.15, 0.2) is 0 Å². The molecule has 1 aliphatic rings. The average Bonchev–Trinajstić information content (AvgIpc) is 2.87. The number of rotatable bonds is 3. The van der Waals surface area contributed by atoms with E-state index in [0.29, 0.717) is 5.56 Å². The van der Waals surface area contributed by atoms with Crippen LogP contribution in [0.1, 0.15) is 26.3 Å². The highest BCUT2D eigenvalue weighted by atomic mass is 32.2. The second kappa shape index (κ2) is 6.19. The normalized spacial score (nSPS) is 21.5. The van der Waals surface area contributed by atoms with Gasteiger partial charge >= 0.3 is 21.7 Å². The molecule has 10 heteroatoms. The van der Waals surface area contributed by atoms with Gasteiger partial charge in [-0.3, -0.25) is 4.90 Å². The topological polar surface area (TPSA) is 83.9 Å². The molecule has 0 bridgehead atoms. The predicted molar refractivity (Wildman–Crippen MR) is 86.4 cm³/mol. The molecule has 1 N–H and O–H groups in total. The van der Waals surface area contributed by atoms with E-state index >= 15 is 0 Å². The minimum atomic E-state index is -5.90. The molecule has 0 aromatic heterocycles. The maximum Gasteiger partial charge on any atom is 0.534 e. The maximum absolute atomic E-state index is 12.6. The van der Waals surface area contributed by atoms with Crippen LogP contribution in [0.2, 0.25) is 0 Å². The van der Waals surface area contributed by atoms with Crippen molar-refractivity contribution in [2.75, 3.05) is 6.54 Å². The van der Waals surface area contributed by atoms with Gasteiger partial charge in [0.25, 0.3) is 0 Å². The highest BCUT2D eigenvalue weighted by Crippen LogP contribution is 2.50. The van der Waals surface area contributed by atoms with Gasteiger partial charge in [-0.15, -0.1) is 0 Å². The number of amides is 1. The van der Waals surface area contributed by atoms with Crippen LogP contribution in [0.5, 0.6) is 0 Å². The monoisotopic (exact) mass is 393 g/mol. The molecule has 26 heavy (non-hydrogen) atoms. The van der Waals surface area contributed by atoms with Gasteiger partial charge in [-0.2, -0.15) is 21.6 Å². The van der Waals surface area contributed by atoms with Crippen molar-refractivity contribution >= 4 is 16.2 Å². The highest BCUT2D eigenvalue weighted by molar-refractivity contribution is 7.87. The zero-order chi connectivity index (χ0) is 20.0. The third-order valence-corrected chi connectivity index (χ3v) is 5.20. The zero-order valence-corrected chi connectivity index (χ0v) is 15.1. The lowest BCUT2D eigenvalue weighted by atomic mass is 9.69. The van der Waals surface area contributed by atoms with E-state index in [-0.39, 0.29) is 0 Å². The van der Waals surface area contributed by atoms with E-state index < -0.39 is 45.0 Å². The summed E-state index contributed by atoms with van der Waals surface area (Å²) < 4.78 is 64.7. The average molecular weight is 393 g/mol. The van der Waals surface area contributed by atoms with Gasteiger partial charge in [-0.1, -0.05) is 51.1 Å². The van der Waals surface area contributed by atoms with E-state index in [1.54, 1.807) is 51.1 Å². The fourth-order valence-corrected chi connectivity index (χ4v) is 3.56. The predicted octanol–water partition coefficient (Wildman–Crippen LogP) is 3.67. The molecule has 0 spiro atoms. The first kappa shape index (κ1) is 20.1. The summed E-state index contributed by atoms with van der Waals surface area (Å²) in [4.78, 5) is 12.7. The number of carboxylic acid groups (broad SMARTS) is 1. The van der Waals surface area contributed by atoms with Gasteiger partial charge in [-0.05, 0) is 17.1 Å². The molecule has 6 nitrogen and oxygen atoms in total. The molecule has 1 aliphatic heterocycles. The summed E-state index contributed by atoms with van der Waals surface area (Å²) in [5, 5.41) is 9.61. The van der Waals surface area contributed by atoms with E-state index in [1.807, 2.05) is 0 Å². The Hall–Kier alpha value is -2.23. The maximum atomic E-state index is 12.6. The van der Waals surface area contributed by atoms with Crippen LogP contribution >= 0.6 is 0 Å². The van der Waals surface area contributed by atoms with Crippen LogP contribution < -0.4 is 0 Å². The van der Waals surface area contributed by atoms with Crippen LogP contribution in [0.15, 0.2) is 42.2 Å². The molecule has 0 saturated heterocycles. The molecule has 0 saturated carbocycles. The summed E-state index contributed by atoms with van der Waals surface area (Å²) in [7, 11) is -5.90. The quantitative estimate of drug-likeness (QED) is 0.626. The number of benzene rings is 1. The third-order valence-electron chi connectivity index (χ3n) is 4.20. The van der Waals surface area contributed by atoms with Crippen molar-refractivity contribution in [2.45, 2.75) is 31.8 Å². The lowest BCUT2D eigenvalue weighted by Crippen LogP contribution is -2.52. The first-order valence-electron chi connectivity index (χ1n) is 7.51. The SMILES string of the molecule is CC(C)(C)[C@]1(c2ccccc2)C=C(OS(=O)(=O)C(F)(F)F)CN1C(=O)O. The van der Waals surface area contributed by atoms with Crippen molar-refractivity contribution in [1.29, 1.82) is 0 Å². The molecular weight excluding hydrogens is 375 g/mol. The Balaban J connectivity index is 2.64. The lowest BCUT2D eigenvalue weighted by molar-refractivity contribution is -0.0523. The number of alkyl halides is 3. The summed E-state index contributed by atoms with van der Waals surface area (Å²) in [6.45, 7) is 4.48. The Bertz CT molecular complexity index is 828. The van der Waals surface area contributed by atoms with Crippen molar-refractivity contribution < 1.29 is 35.7 Å². The molecule has 1 heterocycles. The standard InChI is InChI=1S/C16H18F3NO5S/c1-14(2,3)15(11-7-5-4-6-8-11)9-12(10-20(15)13(21)22)25-26(23,24)16(17,18)19/h4-9H,10H2,1-3H3,(H,21,22)/t15-/m1/s1. The number of carbonyl (C=O) groups is 1. The van der Waals surface area contributed by atoms with Gasteiger partial charge in [0, 0.05) is 0 Å². The molecule has 1 aromatic rings. The van der Waals surface area contributed by atoms with Crippen molar-refractivity contribution in [2.24, 2.45) is 5.41 Å². The molecule has 0 unspecified atom stereocenters. The highest BCUT2D eigenvalue weighted by Gasteiger charge is 2.55. The van der Waals surface area contributed by atoms with Crippen LogP contribution in [0, 0.1) is 5.41 Å². The summed E-state index contributed by atoms with van der Waals surface area (Å²) in [5.41, 5.74) is -7.35. The molecule has 0 aliphatic carbocycles. The molecule has 1 atom stereocenters. The van der Waals surface area contributed by atoms with Crippen molar-refractivity contribution in [3.05, 3.63) is 47.7 Å². The van der Waals surface area contributed by atoms with Gasteiger partial charge < -0.3 is 9.29 Å². The molecule has 2 rings (SSSR count). The summed E-state index contributed by atoms with van der Waals surface area (Å²) in [6, 6.07) is 8.26. The van der Waals surface area contributed by atoms with Crippen molar-refractivity contribution in [3.8, 4) is 0 Å². The third kappa shape index (κ3) is 3.25. The smallest absolute Gasteiger partial charge is 0.465 e. The minimum absolute atomic E-state index is 0.484. The summed E-state index contributed by atoms with van der Waals surface area (Å²) in [6.07, 6.45) is -0.275. The summed E-state index contributed by atoms with van der Waals surface area (Å²) in [5.74, 6) is -0.594. The van der Waals surface area contributed by atoms with Crippen LogP contribution in [0.4, 0.5) is 18.0 Å². The first-order chi connectivity index (χ1) is 11.7. The minimum Gasteiger partial charge on any atom is -0.465 e. The fraction of sp³-hybridized carbons (Fsp3) is 0.438. The van der Waals surface area contributed by atoms with E-state index in [0.717, 1.165) is 11.0 Å². The molecule has 144 valence electrons. The van der Waals surface area contributed by atoms with Crippen LogP contribution in [0.25, 0.3) is 0 Å². The van der Waals surface area contributed by atoms with E-state index in [1.165, 1.54) is 0 Å². The molecule has 0 fully saturated rings. The second-order valence-corrected chi connectivity index (χ2v) is 8.38. The van der Waals surface area contributed by atoms with Gasteiger partial charge in [-0.25, -0.2) is 4.79 Å². The van der Waals surface area contributed by atoms with E-state index in [9.17, 15) is 31.5 Å². The van der Waals surface area contributed by atoms with E-state index in [2.05, 4.69) is 4.18 Å². The fourth-order valence-electron chi connectivity index (χ4n) is 3.08.